The van der Waals surface area contributed by atoms with E-state index in [0.717, 1.165) is 25.6 Å². The van der Waals surface area contributed by atoms with Crippen LogP contribution in [-0.2, 0) is 6.54 Å². The fourth-order valence-corrected chi connectivity index (χ4v) is 1.51. The maximum Gasteiger partial charge on any atom is 0.191 e. The molecule has 0 spiro atoms. The van der Waals surface area contributed by atoms with Crippen LogP contribution < -0.4 is 10.6 Å². The van der Waals surface area contributed by atoms with Crippen LogP contribution in [-0.4, -0.2) is 41.9 Å². The summed E-state index contributed by atoms with van der Waals surface area (Å²) in [6.07, 6.45) is 4.08. The van der Waals surface area contributed by atoms with Crippen LogP contribution in [0.5, 0.6) is 0 Å². The standard InChI is InChI=1S/C14H26N4O.HI/c1-4-15-13(17-11-14(2,3)12-19)16-7-10-18-8-5-6-9-18;/h5-6,8-9,19H,4,7,10-12H2,1-3H3,(H2,15,16,17);1H. The van der Waals surface area contributed by atoms with Gasteiger partial charge in [0.05, 0.1) is 6.54 Å². The summed E-state index contributed by atoms with van der Waals surface area (Å²) in [4.78, 5) is 4.50. The molecule has 1 rings (SSSR count). The average Bonchev–Trinajstić information content (AvgIpc) is 2.89. The SMILES string of the molecule is CCNC(=NCC(C)(C)CO)NCCn1cccc1.I. The zero-order valence-electron chi connectivity index (χ0n) is 12.6. The molecule has 5 nitrogen and oxygen atoms in total. The Bertz CT molecular complexity index is 377. The summed E-state index contributed by atoms with van der Waals surface area (Å²) in [6, 6.07) is 4.03. The quantitative estimate of drug-likeness (QED) is 0.375. The zero-order valence-corrected chi connectivity index (χ0v) is 14.9. The summed E-state index contributed by atoms with van der Waals surface area (Å²) in [5, 5.41) is 15.7. The second kappa shape index (κ2) is 10.0. The molecule has 0 amide bonds. The summed E-state index contributed by atoms with van der Waals surface area (Å²) in [5.41, 5.74) is -0.178. The number of aliphatic hydroxyl groups is 1. The largest absolute Gasteiger partial charge is 0.396 e. The third-order valence-electron chi connectivity index (χ3n) is 2.77. The lowest BCUT2D eigenvalue weighted by Crippen LogP contribution is -2.39. The van der Waals surface area contributed by atoms with Crippen molar-refractivity contribution in [3.05, 3.63) is 24.5 Å². The van der Waals surface area contributed by atoms with Crippen molar-refractivity contribution in [3.8, 4) is 0 Å². The molecule has 0 saturated carbocycles. The van der Waals surface area contributed by atoms with Crippen LogP contribution in [0.4, 0.5) is 0 Å². The molecule has 20 heavy (non-hydrogen) atoms. The predicted molar refractivity (Wildman–Crippen MR) is 94.7 cm³/mol. The minimum Gasteiger partial charge on any atom is -0.396 e. The second-order valence-corrected chi connectivity index (χ2v) is 5.37. The van der Waals surface area contributed by atoms with E-state index >= 15 is 0 Å². The first-order valence-electron chi connectivity index (χ1n) is 6.81. The number of hydrogen-bond acceptors (Lipinski definition) is 2. The van der Waals surface area contributed by atoms with Gasteiger partial charge in [0.2, 0.25) is 0 Å². The highest BCUT2D eigenvalue weighted by molar-refractivity contribution is 14.0. The van der Waals surface area contributed by atoms with Crippen molar-refractivity contribution in [2.75, 3.05) is 26.2 Å². The molecule has 1 aromatic rings. The molecule has 0 atom stereocenters. The normalized spacial score (nSPS) is 11.9. The number of aromatic nitrogens is 1. The molecule has 3 N–H and O–H groups in total. The molecule has 1 heterocycles. The molecule has 0 fully saturated rings. The van der Waals surface area contributed by atoms with E-state index in [2.05, 4.69) is 20.2 Å². The van der Waals surface area contributed by atoms with E-state index in [9.17, 15) is 5.11 Å². The van der Waals surface area contributed by atoms with Crippen LogP contribution in [0.1, 0.15) is 20.8 Å². The number of halogens is 1. The van der Waals surface area contributed by atoms with Gasteiger partial charge in [-0.2, -0.15) is 0 Å². The number of aliphatic hydroxyl groups excluding tert-OH is 1. The van der Waals surface area contributed by atoms with E-state index in [1.807, 2.05) is 45.3 Å². The van der Waals surface area contributed by atoms with E-state index < -0.39 is 0 Å². The van der Waals surface area contributed by atoms with Crippen LogP contribution in [0.2, 0.25) is 0 Å². The van der Waals surface area contributed by atoms with Crippen LogP contribution in [0, 0.1) is 5.41 Å². The predicted octanol–water partition coefficient (Wildman–Crippen LogP) is 1.68. The molecule has 0 aromatic carbocycles. The molecule has 0 bridgehead atoms. The number of nitrogens with one attached hydrogen (secondary N) is 2. The highest BCUT2D eigenvalue weighted by atomic mass is 127. The van der Waals surface area contributed by atoms with Crippen molar-refractivity contribution in [2.24, 2.45) is 10.4 Å². The number of hydrogen-bond donors (Lipinski definition) is 3. The lowest BCUT2D eigenvalue weighted by molar-refractivity contribution is 0.167. The van der Waals surface area contributed by atoms with Crippen molar-refractivity contribution in [2.45, 2.75) is 27.3 Å². The lowest BCUT2D eigenvalue weighted by Gasteiger charge is -2.20. The van der Waals surface area contributed by atoms with Crippen LogP contribution in [0.15, 0.2) is 29.5 Å². The van der Waals surface area contributed by atoms with E-state index in [0.29, 0.717) is 6.54 Å². The topological polar surface area (TPSA) is 61.6 Å². The van der Waals surface area contributed by atoms with Crippen molar-refractivity contribution in [1.82, 2.24) is 15.2 Å². The van der Waals surface area contributed by atoms with E-state index in [1.165, 1.54) is 0 Å². The second-order valence-electron chi connectivity index (χ2n) is 5.37. The first-order valence-corrected chi connectivity index (χ1v) is 6.81. The van der Waals surface area contributed by atoms with Gasteiger partial charge >= 0.3 is 0 Å². The highest BCUT2D eigenvalue weighted by Gasteiger charge is 2.15. The van der Waals surface area contributed by atoms with Gasteiger partial charge in [0.15, 0.2) is 5.96 Å². The first kappa shape index (κ1) is 19.2. The molecule has 116 valence electrons. The summed E-state index contributed by atoms with van der Waals surface area (Å²) in [5.74, 6) is 0.802. The van der Waals surface area contributed by atoms with E-state index in [1.54, 1.807) is 0 Å². The highest BCUT2D eigenvalue weighted by Crippen LogP contribution is 2.13. The molecule has 0 aliphatic carbocycles. The minimum absolute atomic E-state index is 0. The summed E-state index contributed by atoms with van der Waals surface area (Å²) >= 11 is 0. The molecular formula is C14H27IN4O. The number of aliphatic imine (C=N–C) groups is 1. The van der Waals surface area contributed by atoms with Gasteiger partial charge in [0.1, 0.15) is 0 Å². The Morgan fingerprint density at radius 3 is 2.45 bits per heavy atom. The number of nitrogens with zero attached hydrogens (tertiary/aromatic N) is 2. The third kappa shape index (κ3) is 7.74. The van der Waals surface area contributed by atoms with Gasteiger partial charge in [0, 0.05) is 44.0 Å². The Kier molecular flexibility index (Phi) is 9.66. The molecule has 6 heteroatoms. The molecule has 0 unspecified atom stereocenters. The maximum atomic E-state index is 9.22. The Hall–Kier alpha value is -0.760. The van der Waals surface area contributed by atoms with Gasteiger partial charge in [-0.15, -0.1) is 24.0 Å². The Balaban J connectivity index is 0.00000361. The molecule has 1 aromatic heterocycles. The Labute approximate surface area is 138 Å². The Morgan fingerprint density at radius 1 is 1.25 bits per heavy atom. The first-order chi connectivity index (χ1) is 9.07. The molecule has 0 radical (unpaired) electrons. The molecule has 0 aliphatic rings. The zero-order chi connectivity index (χ0) is 14.1. The van der Waals surface area contributed by atoms with E-state index in [-0.39, 0.29) is 36.0 Å². The summed E-state index contributed by atoms with van der Waals surface area (Å²) in [7, 11) is 0. The van der Waals surface area contributed by atoms with Crippen molar-refractivity contribution < 1.29 is 5.11 Å². The van der Waals surface area contributed by atoms with Gasteiger partial charge in [0.25, 0.3) is 0 Å². The van der Waals surface area contributed by atoms with Gasteiger partial charge < -0.3 is 20.3 Å². The van der Waals surface area contributed by atoms with Gasteiger partial charge in [-0.1, -0.05) is 13.8 Å². The van der Waals surface area contributed by atoms with Crippen LogP contribution in [0.3, 0.4) is 0 Å². The number of rotatable bonds is 7. The number of guanidine groups is 1. The molecule has 0 saturated heterocycles. The maximum absolute atomic E-state index is 9.22. The van der Waals surface area contributed by atoms with Crippen molar-refractivity contribution in [1.29, 1.82) is 0 Å². The molecule has 0 aliphatic heterocycles. The van der Waals surface area contributed by atoms with Gasteiger partial charge in [-0.05, 0) is 19.1 Å². The lowest BCUT2D eigenvalue weighted by atomic mass is 9.95. The van der Waals surface area contributed by atoms with Gasteiger partial charge in [-0.3, -0.25) is 4.99 Å². The Morgan fingerprint density at radius 2 is 1.90 bits per heavy atom. The van der Waals surface area contributed by atoms with Gasteiger partial charge in [-0.25, -0.2) is 0 Å². The average molecular weight is 394 g/mol. The summed E-state index contributed by atoms with van der Waals surface area (Å²) in [6.45, 7) is 9.33. The van der Waals surface area contributed by atoms with E-state index in [4.69, 9.17) is 0 Å². The minimum atomic E-state index is -0.178. The fraction of sp³-hybridized carbons (Fsp3) is 0.643. The van der Waals surface area contributed by atoms with Crippen LogP contribution >= 0.6 is 24.0 Å². The smallest absolute Gasteiger partial charge is 0.191 e. The third-order valence-corrected chi connectivity index (χ3v) is 2.77. The van der Waals surface area contributed by atoms with Crippen molar-refractivity contribution >= 4 is 29.9 Å². The fourth-order valence-electron chi connectivity index (χ4n) is 1.51. The summed E-state index contributed by atoms with van der Waals surface area (Å²) < 4.78 is 2.12. The molecular weight excluding hydrogens is 367 g/mol. The van der Waals surface area contributed by atoms with Crippen LogP contribution in [0.25, 0.3) is 0 Å². The monoisotopic (exact) mass is 394 g/mol. The van der Waals surface area contributed by atoms with Crippen molar-refractivity contribution in [3.63, 3.8) is 0 Å².